The van der Waals surface area contributed by atoms with Gasteiger partial charge in [-0.05, 0) is 67.2 Å². The molecule has 0 aromatic rings. The monoisotopic (exact) mass is 596 g/mol. The molecule has 0 atom stereocenters. The fourth-order valence-electron chi connectivity index (χ4n) is 3.64. The first-order chi connectivity index (χ1) is 19.7. The van der Waals surface area contributed by atoms with Crippen LogP contribution in [0.5, 0.6) is 0 Å². The second kappa shape index (κ2) is 19.5. The van der Waals surface area contributed by atoms with Crippen LogP contribution in [0.4, 0.5) is 19.2 Å². The van der Waals surface area contributed by atoms with Crippen molar-refractivity contribution in [3.05, 3.63) is 0 Å². The van der Waals surface area contributed by atoms with Crippen molar-refractivity contribution in [3.63, 3.8) is 0 Å². The Labute approximate surface area is 250 Å². The third-order valence-electron chi connectivity index (χ3n) is 5.48. The summed E-state index contributed by atoms with van der Waals surface area (Å²) in [4.78, 5) is 57.9. The van der Waals surface area contributed by atoms with Gasteiger partial charge >= 0.3 is 24.2 Å². The number of hydrogen-bond acceptors (Lipinski definition) is 8. The lowest BCUT2D eigenvalue weighted by atomic mass is 10.1. The largest absolute Gasteiger partial charge is 0.444 e. The molecule has 240 valence electrons. The molecule has 0 spiro atoms. The highest BCUT2D eigenvalue weighted by Crippen LogP contribution is 2.08. The number of urea groups is 2. The van der Waals surface area contributed by atoms with Crippen molar-refractivity contribution in [2.24, 2.45) is 9.98 Å². The van der Waals surface area contributed by atoms with Crippen LogP contribution in [-0.2, 0) is 9.47 Å². The van der Waals surface area contributed by atoms with E-state index in [2.05, 4.69) is 41.9 Å². The standard InChI is InChI=1S/C28H52N8O6/c1-27(2,3)41-25(39)35-21-29-17-13-9-7-11-16-20-32-24(38)34-22(36-26(40)42-28(4,5)6)30-18-14-10-8-12-15-19-31-23(37)33-21/h7-20H2,1-6H3,(H3,29,31,33,35,37,39)(H3,30,32,34,36,38,40). The maximum absolute atomic E-state index is 12.4. The van der Waals surface area contributed by atoms with Crippen molar-refractivity contribution in [1.82, 2.24) is 31.9 Å². The van der Waals surface area contributed by atoms with Crippen LogP contribution in [0.1, 0.15) is 106 Å². The van der Waals surface area contributed by atoms with Crippen LogP contribution in [0.15, 0.2) is 9.98 Å². The summed E-state index contributed by atoms with van der Waals surface area (Å²) < 4.78 is 10.6. The minimum Gasteiger partial charge on any atom is -0.444 e. The SMILES string of the molecule is CC(C)(C)OC(=O)NC1=NCCCCCCCNC(=O)NC(NC(=O)OC(C)(C)C)=NCCCCCCCNC(=O)N1. The summed E-state index contributed by atoms with van der Waals surface area (Å²) >= 11 is 0. The molecule has 1 aliphatic heterocycles. The zero-order chi connectivity index (χ0) is 31.4. The Morgan fingerprint density at radius 1 is 0.595 bits per heavy atom. The van der Waals surface area contributed by atoms with Gasteiger partial charge in [0.2, 0.25) is 11.9 Å². The van der Waals surface area contributed by atoms with Crippen LogP contribution in [0.25, 0.3) is 0 Å². The highest BCUT2D eigenvalue weighted by molar-refractivity contribution is 6.03. The maximum atomic E-state index is 12.4. The maximum Gasteiger partial charge on any atom is 0.414 e. The van der Waals surface area contributed by atoms with Crippen LogP contribution >= 0.6 is 0 Å². The predicted molar refractivity (Wildman–Crippen MR) is 163 cm³/mol. The Balaban J connectivity index is 2.71. The van der Waals surface area contributed by atoms with Gasteiger partial charge in [-0.1, -0.05) is 38.5 Å². The van der Waals surface area contributed by atoms with Crippen molar-refractivity contribution in [1.29, 1.82) is 0 Å². The van der Waals surface area contributed by atoms with Gasteiger partial charge in [-0.2, -0.15) is 0 Å². The molecule has 6 N–H and O–H groups in total. The molecule has 1 rings (SSSR count). The molecular formula is C28H52N8O6. The Morgan fingerprint density at radius 2 is 0.929 bits per heavy atom. The van der Waals surface area contributed by atoms with Gasteiger partial charge in [0.25, 0.3) is 0 Å². The van der Waals surface area contributed by atoms with Crippen molar-refractivity contribution in [2.75, 3.05) is 26.2 Å². The number of nitrogens with zero attached hydrogens (tertiary/aromatic N) is 2. The van der Waals surface area contributed by atoms with E-state index in [1.807, 2.05) is 0 Å². The zero-order valence-corrected chi connectivity index (χ0v) is 26.2. The first-order valence-electron chi connectivity index (χ1n) is 14.9. The number of ether oxygens (including phenoxy) is 2. The van der Waals surface area contributed by atoms with Gasteiger partial charge in [0.05, 0.1) is 0 Å². The summed E-state index contributed by atoms with van der Waals surface area (Å²) in [6.45, 7) is 12.3. The molecule has 0 radical (unpaired) electrons. The number of carbonyl (C=O) groups excluding carboxylic acids is 4. The summed E-state index contributed by atoms with van der Waals surface area (Å²) in [5, 5.41) is 15.8. The van der Waals surface area contributed by atoms with Crippen molar-refractivity contribution >= 4 is 36.2 Å². The van der Waals surface area contributed by atoms with Gasteiger partial charge in [0.1, 0.15) is 11.2 Å². The number of carbonyl (C=O) groups is 4. The Bertz CT molecular complexity index is 850. The molecule has 0 aliphatic carbocycles. The van der Waals surface area contributed by atoms with E-state index in [9.17, 15) is 19.2 Å². The molecule has 0 unspecified atom stereocenters. The average Bonchev–Trinajstić information content (AvgIpc) is 2.83. The molecule has 42 heavy (non-hydrogen) atoms. The molecule has 1 heterocycles. The predicted octanol–water partition coefficient (Wildman–Crippen LogP) is 4.26. The Hall–Kier alpha value is -3.58. The molecular weight excluding hydrogens is 544 g/mol. The quantitative estimate of drug-likeness (QED) is 0.243. The third kappa shape index (κ3) is 21.2. The molecule has 1 aliphatic rings. The fourth-order valence-corrected chi connectivity index (χ4v) is 3.64. The van der Waals surface area contributed by atoms with E-state index < -0.39 is 35.5 Å². The first kappa shape index (κ1) is 36.4. The van der Waals surface area contributed by atoms with Crippen molar-refractivity contribution < 1.29 is 28.7 Å². The normalized spacial score (nSPS) is 18.2. The number of rotatable bonds is 0. The van der Waals surface area contributed by atoms with E-state index in [4.69, 9.17) is 9.47 Å². The summed E-state index contributed by atoms with van der Waals surface area (Å²) in [5.74, 6) is 0.0972. The van der Waals surface area contributed by atoms with E-state index in [-0.39, 0.29) is 11.9 Å². The van der Waals surface area contributed by atoms with Gasteiger partial charge in [-0.15, -0.1) is 0 Å². The van der Waals surface area contributed by atoms with E-state index in [0.29, 0.717) is 26.2 Å². The number of amides is 6. The van der Waals surface area contributed by atoms with Gasteiger partial charge in [-0.25, -0.2) is 19.2 Å². The second-order valence-corrected chi connectivity index (χ2v) is 12.0. The lowest BCUT2D eigenvalue weighted by Gasteiger charge is -2.20. The molecule has 6 amide bonds. The summed E-state index contributed by atoms with van der Waals surface area (Å²) in [6, 6.07) is -0.902. The van der Waals surface area contributed by atoms with E-state index >= 15 is 0 Å². The van der Waals surface area contributed by atoms with E-state index in [1.54, 1.807) is 41.5 Å². The van der Waals surface area contributed by atoms with Crippen LogP contribution < -0.4 is 31.9 Å². The minimum atomic E-state index is -0.691. The Kier molecular flexibility index (Phi) is 16.9. The lowest BCUT2D eigenvalue weighted by Crippen LogP contribution is -2.49. The summed E-state index contributed by atoms with van der Waals surface area (Å²) in [6.07, 6.45) is 7.09. The van der Waals surface area contributed by atoms with Gasteiger partial charge < -0.3 is 20.1 Å². The molecule has 14 heteroatoms. The Morgan fingerprint density at radius 3 is 1.29 bits per heavy atom. The minimum absolute atomic E-state index is 0.0486. The molecule has 14 nitrogen and oxygen atoms in total. The number of hydrogen-bond donors (Lipinski definition) is 6. The summed E-state index contributed by atoms with van der Waals surface area (Å²) in [5.41, 5.74) is -1.37. The highest BCUT2D eigenvalue weighted by atomic mass is 16.6. The van der Waals surface area contributed by atoms with Gasteiger partial charge in [-0.3, -0.25) is 31.3 Å². The summed E-state index contributed by atoms with van der Waals surface area (Å²) in [7, 11) is 0. The van der Waals surface area contributed by atoms with Crippen molar-refractivity contribution in [2.45, 2.75) is 117 Å². The van der Waals surface area contributed by atoms with Crippen LogP contribution in [0.3, 0.4) is 0 Å². The van der Waals surface area contributed by atoms with E-state index in [1.165, 1.54) is 0 Å². The average molecular weight is 597 g/mol. The van der Waals surface area contributed by atoms with Gasteiger partial charge in [0.15, 0.2) is 0 Å². The number of guanidine groups is 2. The topological polar surface area (TPSA) is 184 Å². The second-order valence-electron chi connectivity index (χ2n) is 12.0. The van der Waals surface area contributed by atoms with Crippen LogP contribution in [0, 0.1) is 0 Å². The van der Waals surface area contributed by atoms with Crippen molar-refractivity contribution in [3.8, 4) is 0 Å². The molecule has 0 aromatic carbocycles. The molecule has 0 fully saturated rings. The number of nitrogens with one attached hydrogen (secondary N) is 6. The van der Waals surface area contributed by atoms with Crippen LogP contribution in [0.2, 0.25) is 0 Å². The molecule has 0 aromatic heterocycles. The van der Waals surface area contributed by atoms with Crippen LogP contribution in [-0.4, -0.2) is 73.5 Å². The fraction of sp³-hybridized carbons (Fsp3) is 0.786. The number of aliphatic imine (C=N–C) groups is 2. The molecule has 0 saturated heterocycles. The smallest absolute Gasteiger partial charge is 0.414 e. The first-order valence-corrected chi connectivity index (χ1v) is 14.9. The number of alkyl carbamates (subject to hydrolysis) is 2. The zero-order valence-electron chi connectivity index (χ0n) is 26.2. The van der Waals surface area contributed by atoms with Gasteiger partial charge in [0, 0.05) is 26.2 Å². The molecule has 0 saturated carbocycles. The molecule has 0 bridgehead atoms. The van der Waals surface area contributed by atoms with E-state index in [0.717, 1.165) is 64.2 Å². The highest BCUT2D eigenvalue weighted by Gasteiger charge is 2.19. The lowest BCUT2D eigenvalue weighted by molar-refractivity contribution is 0.0549. The third-order valence-corrected chi connectivity index (χ3v) is 5.48.